The van der Waals surface area contributed by atoms with Crippen molar-refractivity contribution in [3.63, 3.8) is 0 Å². The first-order valence-corrected chi connectivity index (χ1v) is 16.6. The van der Waals surface area contributed by atoms with E-state index in [1.807, 2.05) is 73.7 Å². The van der Waals surface area contributed by atoms with E-state index >= 15 is 0 Å². The van der Waals surface area contributed by atoms with Gasteiger partial charge >= 0.3 is 0 Å². The van der Waals surface area contributed by atoms with E-state index in [-0.39, 0.29) is 18.4 Å². The Morgan fingerprint density at radius 2 is 1.54 bits per heavy atom. The second kappa shape index (κ2) is 15.2. The maximum Gasteiger partial charge on any atom is 0.244 e. The fraction of sp³-hybridized carbons (Fsp3) is 0.375. The standard InChI is InChI=1S/C32H40BrN3O4S/c1-5-6-20-34-32(38)30(21-25-10-8-7-9-11-25)35(22-26-12-16-28(33)17-13-26)31(37)23-36(41(4,39)40)29-18-14-27(15-19-29)24(2)3/h7-19,24,30H,5-6,20-23H2,1-4H3,(H,34,38)/t30-/m1/s1. The molecule has 0 aliphatic heterocycles. The molecule has 0 spiro atoms. The monoisotopic (exact) mass is 641 g/mol. The van der Waals surface area contributed by atoms with Gasteiger partial charge in [0, 0.05) is 24.0 Å². The Labute approximate surface area is 253 Å². The van der Waals surface area contributed by atoms with E-state index in [1.165, 1.54) is 4.90 Å². The largest absolute Gasteiger partial charge is 0.354 e. The van der Waals surface area contributed by atoms with Crippen LogP contribution in [-0.2, 0) is 32.6 Å². The zero-order valence-corrected chi connectivity index (χ0v) is 26.6. The van der Waals surface area contributed by atoms with E-state index < -0.39 is 28.5 Å². The molecule has 1 N–H and O–H groups in total. The van der Waals surface area contributed by atoms with Gasteiger partial charge in [-0.25, -0.2) is 8.42 Å². The Morgan fingerprint density at radius 3 is 2.10 bits per heavy atom. The van der Waals surface area contributed by atoms with Crippen LogP contribution in [0.5, 0.6) is 0 Å². The van der Waals surface area contributed by atoms with Gasteiger partial charge in [-0.3, -0.25) is 13.9 Å². The minimum Gasteiger partial charge on any atom is -0.354 e. The quantitative estimate of drug-likeness (QED) is 0.222. The first-order chi connectivity index (χ1) is 19.5. The number of carbonyl (C=O) groups is 2. The third kappa shape index (κ3) is 9.71. The summed E-state index contributed by atoms with van der Waals surface area (Å²) in [7, 11) is -3.80. The highest BCUT2D eigenvalue weighted by Crippen LogP contribution is 2.23. The Bertz CT molecular complexity index is 1380. The molecule has 0 saturated carbocycles. The fourth-order valence-electron chi connectivity index (χ4n) is 4.49. The molecular formula is C32H40BrN3O4S. The summed E-state index contributed by atoms with van der Waals surface area (Å²) in [6.07, 6.45) is 3.13. The van der Waals surface area contributed by atoms with Crippen LogP contribution in [0.15, 0.2) is 83.3 Å². The number of hydrogen-bond donors (Lipinski definition) is 1. The van der Waals surface area contributed by atoms with Gasteiger partial charge in [0.1, 0.15) is 12.6 Å². The fourth-order valence-corrected chi connectivity index (χ4v) is 5.60. The highest BCUT2D eigenvalue weighted by Gasteiger charge is 2.33. The van der Waals surface area contributed by atoms with Crippen molar-refractivity contribution in [3.05, 3.63) is 100 Å². The molecule has 0 aliphatic carbocycles. The molecule has 0 fully saturated rings. The Morgan fingerprint density at radius 1 is 0.902 bits per heavy atom. The molecule has 1 atom stereocenters. The van der Waals surface area contributed by atoms with Crippen molar-refractivity contribution in [2.45, 2.75) is 58.5 Å². The van der Waals surface area contributed by atoms with Crippen LogP contribution in [0.25, 0.3) is 0 Å². The minimum atomic E-state index is -3.80. The average molecular weight is 643 g/mol. The first kappa shape index (κ1) is 32.3. The normalized spacial score (nSPS) is 12.1. The number of unbranched alkanes of at least 4 members (excludes halogenated alkanes) is 1. The number of nitrogens with one attached hydrogen (secondary N) is 1. The van der Waals surface area contributed by atoms with Gasteiger partial charge in [-0.1, -0.05) is 97.7 Å². The molecule has 41 heavy (non-hydrogen) atoms. The third-order valence-corrected chi connectivity index (χ3v) is 8.56. The number of amides is 2. The molecule has 0 bridgehead atoms. The molecule has 0 aliphatic rings. The van der Waals surface area contributed by atoms with Gasteiger partial charge < -0.3 is 10.2 Å². The lowest BCUT2D eigenvalue weighted by molar-refractivity contribution is -0.140. The van der Waals surface area contributed by atoms with E-state index in [0.717, 1.165) is 44.6 Å². The molecule has 2 amide bonds. The third-order valence-electron chi connectivity index (χ3n) is 6.89. The predicted molar refractivity (Wildman–Crippen MR) is 169 cm³/mol. The van der Waals surface area contributed by atoms with Crippen molar-refractivity contribution < 1.29 is 18.0 Å². The second-order valence-corrected chi connectivity index (χ2v) is 13.3. The summed E-state index contributed by atoms with van der Waals surface area (Å²) in [6.45, 7) is 6.39. The van der Waals surface area contributed by atoms with E-state index in [1.54, 1.807) is 12.1 Å². The van der Waals surface area contributed by atoms with Crippen LogP contribution in [0.3, 0.4) is 0 Å². The smallest absolute Gasteiger partial charge is 0.244 e. The summed E-state index contributed by atoms with van der Waals surface area (Å²) in [5.41, 5.74) is 3.20. The van der Waals surface area contributed by atoms with Gasteiger partial charge in [0.05, 0.1) is 11.9 Å². The van der Waals surface area contributed by atoms with Gasteiger partial charge in [0.2, 0.25) is 21.8 Å². The van der Waals surface area contributed by atoms with E-state index in [4.69, 9.17) is 0 Å². The Kier molecular flexibility index (Phi) is 12.0. The lowest BCUT2D eigenvalue weighted by Crippen LogP contribution is -2.53. The zero-order chi connectivity index (χ0) is 30.0. The minimum absolute atomic E-state index is 0.148. The topological polar surface area (TPSA) is 86.8 Å². The summed E-state index contributed by atoms with van der Waals surface area (Å²) in [4.78, 5) is 29.3. The molecule has 0 aromatic heterocycles. The maximum absolute atomic E-state index is 14.1. The summed E-state index contributed by atoms with van der Waals surface area (Å²) in [5, 5.41) is 2.99. The van der Waals surface area contributed by atoms with Crippen molar-refractivity contribution in [1.29, 1.82) is 0 Å². The summed E-state index contributed by atoms with van der Waals surface area (Å²) in [6, 6.07) is 23.4. The molecule has 3 aromatic rings. The van der Waals surface area contributed by atoms with Crippen LogP contribution in [0.1, 0.15) is 56.2 Å². The SMILES string of the molecule is CCCCNC(=O)[C@@H](Cc1ccccc1)N(Cc1ccc(Br)cc1)C(=O)CN(c1ccc(C(C)C)cc1)S(C)(=O)=O. The van der Waals surface area contributed by atoms with E-state index in [2.05, 4.69) is 35.1 Å². The number of hydrogen-bond acceptors (Lipinski definition) is 4. The molecule has 3 aromatic carbocycles. The number of benzene rings is 3. The van der Waals surface area contributed by atoms with Crippen molar-refractivity contribution in [2.24, 2.45) is 0 Å². The predicted octanol–water partition coefficient (Wildman–Crippen LogP) is 5.89. The molecule has 0 saturated heterocycles. The summed E-state index contributed by atoms with van der Waals surface area (Å²) >= 11 is 3.45. The second-order valence-electron chi connectivity index (χ2n) is 10.5. The Balaban J connectivity index is 2.02. The summed E-state index contributed by atoms with van der Waals surface area (Å²) < 4.78 is 27.9. The molecule has 9 heteroatoms. The highest BCUT2D eigenvalue weighted by molar-refractivity contribution is 9.10. The first-order valence-electron chi connectivity index (χ1n) is 13.9. The molecule has 0 heterocycles. The van der Waals surface area contributed by atoms with Crippen LogP contribution >= 0.6 is 15.9 Å². The van der Waals surface area contributed by atoms with Crippen LogP contribution in [0.2, 0.25) is 0 Å². The highest BCUT2D eigenvalue weighted by atomic mass is 79.9. The van der Waals surface area contributed by atoms with Gasteiger partial charge in [-0.2, -0.15) is 0 Å². The van der Waals surface area contributed by atoms with Crippen LogP contribution in [0.4, 0.5) is 5.69 Å². The molecule has 220 valence electrons. The van der Waals surface area contributed by atoms with Gasteiger partial charge in [-0.15, -0.1) is 0 Å². The molecule has 0 unspecified atom stereocenters. The van der Waals surface area contributed by atoms with Crippen molar-refractivity contribution in [3.8, 4) is 0 Å². The van der Waals surface area contributed by atoms with Crippen molar-refractivity contribution in [1.82, 2.24) is 10.2 Å². The number of nitrogens with zero attached hydrogens (tertiary/aromatic N) is 2. The molecule has 0 radical (unpaired) electrons. The van der Waals surface area contributed by atoms with Gasteiger partial charge in [-0.05, 0) is 53.3 Å². The lowest BCUT2D eigenvalue weighted by Gasteiger charge is -2.33. The van der Waals surface area contributed by atoms with Gasteiger partial charge in [0.15, 0.2) is 0 Å². The van der Waals surface area contributed by atoms with E-state index in [9.17, 15) is 18.0 Å². The zero-order valence-electron chi connectivity index (χ0n) is 24.2. The molecular weight excluding hydrogens is 602 g/mol. The van der Waals surface area contributed by atoms with Crippen LogP contribution in [0, 0.1) is 0 Å². The van der Waals surface area contributed by atoms with Crippen molar-refractivity contribution in [2.75, 3.05) is 23.7 Å². The number of anilines is 1. The number of halogens is 1. The summed E-state index contributed by atoms with van der Waals surface area (Å²) in [5.74, 6) is -0.443. The Hall–Kier alpha value is -3.17. The van der Waals surface area contributed by atoms with E-state index in [0.29, 0.717) is 18.7 Å². The molecule has 7 nitrogen and oxygen atoms in total. The maximum atomic E-state index is 14.1. The number of carbonyl (C=O) groups excluding carboxylic acids is 2. The van der Waals surface area contributed by atoms with Crippen molar-refractivity contribution >= 4 is 43.5 Å². The van der Waals surface area contributed by atoms with Crippen LogP contribution in [-0.4, -0.2) is 50.5 Å². The average Bonchev–Trinajstić information content (AvgIpc) is 2.94. The molecule has 3 rings (SSSR count). The lowest BCUT2D eigenvalue weighted by atomic mass is 10.0. The number of sulfonamides is 1. The van der Waals surface area contributed by atoms with Crippen LogP contribution < -0.4 is 9.62 Å². The van der Waals surface area contributed by atoms with Gasteiger partial charge in [0.25, 0.3) is 0 Å². The number of rotatable bonds is 14.